The molecule has 0 atom stereocenters. The first-order valence-corrected chi connectivity index (χ1v) is 9.46. The number of nitrogens with zero attached hydrogens (tertiary/aromatic N) is 4. The molecule has 0 fully saturated rings. The Balaban J connectivity index is 1.64. The van der Waals surface area contributed by atoms with E-state index in [4.69, 9.17) is 0 Å². The number of carbonyl (C=O) groups excluding carboxylic acids is 1. The summed E-state index contributed by atoms with van der Waals surface area (Å²) in [6.07, 6.45) is 5.59. The number of rotatable bonds is 5. The second-order valence-corrected chi connectivity index (χ2v) is 7.45. The van der Waals surface area contributed by atoms with Crippen molar-refractivity contribution in [2.24, 2.45) is 0 Å². The van der Waals surface area contributed by atoms with Gasteiger partial charge in [0.25, 0.3) is 0 Å². The lowest BCUT2D eigenvalue weighted by Gasteiger charge is -2.11. The molecule has 3 rings (SSSR count). The Kier molecular flexibility index (Phi) is 4.94. The van der Waals surface area contributed by atoms with Gasteiger partial charge in [0.05, 0.1) is 10.6 Å². The number of pyridine rings is 1. The maximum Gasteiger partial charge on any atom is 0.319 e. The van der Waals surface area contributed by atoms with Crippen LogP contribution >= 0.6 is 0 Å². The first-order valence-electron chi connectivity index (χ1n) is 7.57. The number of carbonyl (C=O) groups is 1. The Hall–Kier alpha value is -3.27. The molecule has 3 aromatic rings. The van der Waals surface area contributed by atoms with Crippen molar-refractivity contribution in [1.82, 2.24) is 25.1 Å². The van der Waals surface area contributed by atoms with Gasteiger partial charge in [-0.2, -0.15) is 5.10 Å². The predicted molar refractivity (Wildman–Crippen MR) is 94.6 cm³/mol. The zero-order valence-corrected chi connectivity index (χ0v) is 14.6. The number of hydrogen-bond acceptors (Lipinski definition) is 6. The molecule has 0 aliphatic heterocycles. The largest absolute Gasteiger partial charge is 0.334 e. The van der Waals surface area contributed by atoms with Crippen LogP contribution in [-0.4, -0.2) is 40.5 Å². The van der Waals surface area contributed by atoms with Crippen LogP contribution in [0.2, 0.25) is 0 Å². The highest BCUT2D eigenvalue weighted by Gasteiger charge is 2.10. The lowest BCUT2D eigenvalue weighted by atomic mass is 10.2. The molecule has 2 aromatic heterocycles. The van der Waals surface area contributed by atoms with Gasteiger partial charge in [-0.15, -0.1) is 0 Å². The van der Waals surface area contributed by atoms with Crippen molar-refractivity contribution in [2.45, 2.75) is 11.4 Å². The second-order valence-electron chi connectivity index (χ2n) is 5.44. The monoisotopic (exact) mass is 372 g/mol. The molecule has 0 bridgehead atoms. The number of urea groups is 1. The number of benzene rings is 1. The lowest BCUT2D eigenvalue weighted by molar-refractivity contribution is 0.251. The van der Waals surface area contributed by atoms with Crippen LogP contribution in [0.4, 0.5) is 10.5 Å². The molecule has 0 spiro atoms. The van der Waals surface area contributed by atoms with Gasteiger partial charge in [-0.25, -0.2) is 27.9 Å². The number of anilines is 1. The molecule has 2 N–H and O–H groups in total. The summed E-state index contributed by atoms with van der Waals surface area (Å²) >= 11 is 0. The summed E-state index contributed by atoms with van der Waals surface area (Å²) in [5.74, 6) is 0.442. The normalized spacial score (nSPS) is 11.1. The van der Waals surface area contributed by atoms with Gasteiger partial charge in [-0.1, -0.05) is 12.1 Å². The molecule has 9 nitrogen and oxygen atoms in total. The standard InChI is InChI=1S/C16H16N6O3S/c1-26(24,25)13-6-4-12(5-7-13)9-19-16(23)21-14-3-2-8-18-15(14)22-11-17-10-20-22/h2-8,10-11H,9H2,1H3,(H2,19,21,23). The summed E-state index contributed by atoms with van der Waals surface area (Å²) in [5, 5.41) is 9.41. The van der Waals surface area contributed by atoms with E-state index < -0.39 is 15.9 Å². The molecule has 0 aliphatic carbocycles. The molecule has 0 saturated carbocycles. The van der Waals surface area contributed by atoms with Gasteiger partial charge in [0.15, 0.2) is 15.7 Å². The van der Waals surface area contributed by atoms with Crippen molar-refractivity contribution in [2.75, 3.05) is 11.6 Å². The second kappa shape index (κ2) is 7.31. The Morgan fingerprint density at radius 1 is 1.19 bits per heavy atom. The Morgan fingerprint density at radius 2 is 1.96 bits per heavy atom. The molecule has 26 heavy (non-hydrogen) atoms. The van der Waals surface area contributed by atoms with Crippen molar-refractivity contribution < 1.29 is 13.2 Å². The molecular formula is C16H16N6O3S. The number of sulfone groups is 1. The molecule has 0 aliphatic rings. The minimum absolute atomic E-state index is 0.235. The van der Waals surface area contributed by atoms with E-state index in [2.05, 4.69) is 25.7 Å². The van der Waals surface area contributed by atoms with Crippen molar-refractivity contribution >= 4 is 21.6 Å². The molecule has 1 aromatic carbocycles. The third-order valence-corrected chi connectivity index (χ3v) is 4.60. The topological polar surface area (TPSA) is 119 Å². The van der Waals surface area contributed by atoms with Gasteiger partial charge >= 0.3 is 6.03 Å². The number of amides is 2. The SMILES string of the molecule is CS(=O)(=O)c1ccc(CNC(=O)Nc2cccnc2-n2cncn2)cc1. The van der Waals surface area contributed by atoms with E-state index in [-0.39, 0.29) is 11.4 Å². The summed E-state index contributed by atoms with van der Waals surface area (Å²) < 4.78 is 24.3. The van der Waals surface area contributed by atoms with Gasteiger partial charge in [0.2, 0.25) is 0 Å². The van der Waals surface area contributed by atoms with Gasteiger partial charge in [0, 0.05) is 19.0 Å². The van der Waals surface area contributed by atoms with Crippen LogP contribution < -0.4 is 10.6 Å². The molecular weight excluding hydrogens is 356 g/mol. The van der Waals surface area contributed by atoms with Crippen LogP contribution in [0.3, 0.4) is 0 Å². The van der Waals surface area contributed by atoms with E-state index in [9.17, 15) is 13.2 Å². The van der Waals surface area contributed by atoms with Crippen LogP contribution in [0, 0.1) is 0 Å². The highest BCUT2D eigenvalue weighted by atomic mass is 32.2. The lowest BCUT2D eigenvalue weighted by Crippen LogP contribution is -2.28. The van der Waals surface area contributed by atoms with E-state index in [0.29, 0.717) is 11.5 Å². The molecule has 2 amide bonds. The van der Waals surface area contributed by atoms with Crippen LogP contribution in [0.5, 0.6) is 0 Å². The fourth-order valence-electron chi connectivity index (χ4n) is 2.20. The number of hydrogen-bond donors (Lipinski definition) is 2. The number of aromatic nitrogens is 4. The Morgan fingerprint density at radius 3 is 2.62 bits per heavy atom. The fourth-order valence-corrected chi connectivity index (χ4v) is 2.83. The van der Waals surface area contributed by atoms with E-state index >= 15 is 0 Å². The summed E-state index contributed by atoms with van der Waals surface area (Å²) in [6.45, 7) is 0.245. The third kappa shape index (κ3) is 4.22. The maximum atomic E-state index is 12.1. The van der Waals surface area contributed by atoms with Crippen LogP contribution in [0.15, 0.2) is 60.1 Å². The minimum Gasteiger partial charge on any atom is -0.334 e. The van der Waals surface area contributed by atoms with E-state index in [1.54, 1.807) is 30.5 Å². The molecule has 10 heteroatoms. The van der Waals surface area contributed by atoms with Gasteiger partial charge in [-0.05, 0) is 29.8 Å². The van der Waals surface area contributed by atoms with Gasteiger partial charge in [0.1, 0.15) is 12.7 Å². The van der Waals surface area contributed by atoms with Crippen molar-refractivity contribution in [1.29, 1.82) is 0 Å². The molecule has 0 saturated heterocycles. The Labute approximate surface area is 150 Å². The molecule has 0 unspecified atom stereocenters. The summed E-state index contributed by atoms with van der Waals surface area (Å²) in [4.78, 5) is 20.4. The number of nitrogens with one attached hydrogen (secondary N) is 2. The summed E-state index contributed by atoms with van der Waals surface area (Å²) in [7, 11) is -3.24. The van der Waals surface area contributed by atoms with E-state index in [0.717, 1.165) is 11.8 Å². The first kappa shape index (κ1) is 17.5. The van der Waals surface area contributed by atoms with Crippen molar-refractivity contribution in [3.63, 3.8) is 0 Å². The van der Waals surface area contributed by atoms with Crippen molar-refractivity contribution in [3.8, 4) is 5.82 Å². The maximum absolute atomic E-state index is 12.1. The summed E-state index contributed by atoms with van der Waals surface area (Å²) in [6, 6.07) is 9.29. The minimum atomic E-state index is -3.24. The smallest absolute Gasteiger partial charge is 0.319 e. The van der Waals surface area contributed by atoms with E-state index in [1.807, 2.05) is 0 Å². The zero-order valence-electron chi connectivity index (χ0n) is 13.8. The Bertz CT molecular complexity index is 1000. The highest BCUT2D eigenvalue weighted by molar-refractivity contribution is 7.90. The summed E-state index contributed by atoms with van der Waals surface area (Å²) in [5.41, 5.74) is 1.25. The van der Waals surface area contributed by atoms with Crippen LogP contribution in [0.1, 0.15) is 5.56 Å². The highest BCUT2D eigenvalue weighted by Crippen LogP contribution is 2.15. The fraction of sp³-hybridized carbons (Fsp3) is 0.125. The van der Waals surface area contributed by atoms with Crippen molar-refractivity contribution in [3.05, 3.63) is 60.8 Å². The average molecular weight is 372 g/mol. The van der Waals surface area contributed by atoms with Crippen LogP contribution in [-0.2, 0) is 16.4 Å². The first-order chi connectivity index (χ1) is 12.4. The average Bonchev–Trinajstić information content (AvgIpc) is 3.14. The predicted octanol–water partition coefficient (Wildman–Crippen LogP) is 1.39. The van der Waals surface area contributed by atoms with Gasteiger partial charge in [-0.3, -0.25) is 0 Å². The quantitative estimate of drug-likeness (QED) is 0.698. The third-order valence-electron chi connectivity index (χ3n) is 3.48. The molecule has 2 heterocycles. The van der Waals surface area contributed by atoms with Crippen LogP contribution in [0.25, 0.3) is 5.82 Å². The van der Waals surface area contributed by atoms with E-state index in [1.165, 1.54) is 29.5 Å². The molecule has 134 valence electrons. The van der Waals surface area contributed by atoms with Gasteiger partial charge < -0.3 is 10.6 Å². The zero-order chi connectivity index (χ0) is 18.6. The molecule has 0 radical (unpaired) electrons.